The number of nitrogens with two attached hydrogens (primary N) is 1. The third-order valence-electron chi connectivity index (χ3n) is 1.33. The van der Waals surface area contributed by atoms with Gasteiger partial charge in [-0.05, 0) is 6.42 Å². The largest absolute Gasteiger partial charge is 0.402 e. The Morgan fingerprint density at radius 3 is 2.70 bits per heavy atom. The van der Waals surface area contributed by atoms with Crippen LogP contribution in [-0.2, 0) is 4.89 Å². The molecule has 0 atom stereocenters. The van der Waals surface area contributed by atoms with Crippen molar-refractivity contribution in [2.75, 3.05) is 0 Å². The van der Waals surface area contributed by atoms with Crippen LogP contribution in [0.15, 0.2) is 12.0 Å². The van der Waals surface area contributed by atoms with Crippen molar-refractivity contribution >= 4 is 0 Å². The normalized spacial score (nSPS) is 11.6. The topological polar surface area (TPSA) is 55.5 Å². The van der Waals surface area contributed by atoms with Gasteiger partial charge in [0.25, 0.3) is 0 Å². The molecule has 0 aromatic carbocycles. The van der Waals surface area contributed by atoms with E-state index in [4.69, 9.17) is 11.0 Å². The highest BCUT2D eigenvalue weighted by Crippen LogP contribution is 2.07. The predicted octanol–water partition coefficient (Wildman–Crippen LogP) is 1.86. The van der Waals surface area contributed by atoms with E-state index in [1.807, 2.05) is 0 Å². The molecule has 3 heteroatoms. The van der Waals surface area contributed by atoms with Gasteiger partial charge in [0.1, 0.15) is 0 Å². The zero-order valence-corrected chi connectivity index (χ0v) is 6.34. The van der Waals surface area contributed by atoms with Gasteiger partial charge in [0.2, 0.25) is 0 Å². The van der Waals surface area contributed by atoms with Crippen LogP contribution in [0.1, 0.15) is 32.6 Å². The van der Waals surface area contributed by atoms with Crippen LogP contribution in [-0.4, -0.2) is 5.26 Å². The quantitative estimate of drug-likeness (QED) is 0.269. The summed E-state index contributed by atoms with van der Waals surface area (Å²) < 4.78 is 0. The first kappa shape index (κ1) is 9.30. The highest BCUT2D eigenvalue weighted by atomic mass is 17.1. The van der Waals surface area contributed by atoms with Crippen LogP contribution in [0.5, 0.6) is 0 Å². The second-order valence-corrected chi connectivity index (χ2v) is 2.18. The molecule has 0 aliphatic rings. The summed E-state index contributed by atoms with van der Waals surface area (Å²) in [5.74, 6) is 0.452. The van der Waals surface area contributed by atoms with Crippen LogP contribution in [0.25, 0.3) is 0 Å². The lowest BCUT2D eigenvalue weighted by atomic mass is 10.2. The highest BCUT2D eigenvalue weighted by molar-refractivity contribution is 4.87. The van der Waals surface area contributed by atoms with E-state index in [1.165, 1.54) is 6.20 Å². The number of allylic oxidation sites excluding steroid dienone is 1. The lowest BCUT2D eigenvalue weighted by Gasteiger charge is -1.99. The van der Waals surface area contributed by atoms with Gasteiger partial charge in [-0.3, -0.25) is 0 Å². The molecule has 0 fully saturated rings. The standard InChI is InChI=1S/C7H15NO2/c1-2-3-4-5-7(6-8)10-9/h6,9H,2-5,8H2,1H3. The Bertz CT molecular complexity index is 102. The molecule has 0 aromatic rings. The fourth-order valence-electron chi connectivity index (χ4n) is 0.709. The Balaban J connectivity index is 3.27. The molecule has 0 rings (SSSR count). The highest BCUT2D eigenvalue weighted by Gasteiger charge is 1.95. The van der Waals surface area contributed by atoms with E-state index >= 15 is 0 Å². The molecule has 60 valence electrons. The van der Waals surface area contributed by atoms with Crippen molar-refractivity contribution in [1.29, 1.82) is 0 Å². The predicted molar refractivity (Wildman–Crippen MR) is 40.1 cm³/mol. The summed E-state index contributed by atoms with van der Waals surface area (Å²) in [4.78, 5) is 3.98. The molecule has 0 radical (unpaired) electrons. The second-order valence-electron chi connectivity index (χ2n) is 2.18. The first-order valence-electron chi connectivity index (χ1n) is 3.57. The van der Waals surface area contributed by atoms with E-state index in [-0.39, 0.29) is 0 Å². The summed E-state index contributed by atoms with van der Waals surface area (Å²) in [6.07, 6.45) is 5.32. The molecule has 10 heavy (non-hydrogen) atoms. The third-order valence-corrected chi connectivity index (χ3v) is 1.33. The van der Waals surface area contributed by atoms with Gasteiger partial charge in [-0.2, -0.15) is 0 Å². The average Bonchev–Trinajstić information content (AvgIpc) is 1.99. The van der Waals surface area contributed by atoms with Gasteiger partial charge in [0.05, 0.1) is 0 Å². The Hall–Kier alpha value is -0.700. The summed E-state index contributed by atoms with van der Waals surface area (Å²) >= 11 is 0. The van der Waals surface area contributed by atoms with Gasteiger partial charge < -0.3 is 10.6 Å². The fraction of sp³-hybridized carbons (Fsp3) is 0.714. The van der Waals surface area contributed by atoms with Crippen molar-refractivity contribution in [3.8, 4) is 0 Å². The SMILES string of the molecule is CCCCCC(=CN)OO. The second kappa shape index (κ2) is 6.42. The minimum atomic E-state index is 0.452. The number of hydrogen-bond donors (Lipinski definition) is 2. The Kier molecular flexibility index (Phi) is 5.97. The first-order chi connectivity index (χ1) is 4.85. The summed E-state index contributed by atoms with van der Waals surface area (Å²) in [6.45, 7) is 2.12. The summed E-state index contributed by atoms with van der Waals surface area (Å²) in [7, 11) is 0. The fourth-order valence-corrected chi connectivity index (χ4v) is 0.709. The van der Waals surface area contributed by atoms with Crippen molar-refractivity contribution in [1.82, 2.24) is 0 Å². The van der Waals surface area contributed by atoms with E-state index in [0.29, 0.717) is 5.76 Å². The summed E-state index contributed by atoms with van der Waals surface area (Å²) in [6, 6.07) is 0. The van der Waals surface area contributed by atoms with Crippen LogP contribution >= 0.6 is 0 Å². The molecular weight excluding hydrogens is 130 g/mol. The van der Waals surface area contributed by atoms with Gasteiger partial charge in [0.15, 0.2) is 5.76 Å². The number of hydrogen-bond acceptors (Lipinski definition) is 3. The van der Waals surface area contributed by atoms with Crippen LogP contribution in [0.4, 0.5) is 0 Å². The van der Waals surface area contributed by atoms with Crippen molar-refractivity contribution < 1.29 is 10.1 Å². The molecule has 0 amide bonds. The first-order valence-corrected chi connectivity index (χ1v) is 3.57. The molecule has 0 aliphatic heterocycles. The number of unbranched alkanes of at least 4 members (excludes halogenated alkanes) is 2. The van der Waals surface area contributed by atoms with E-state index in [1.54, 1.807) is 0 Å². The zero-order valence-electron chi connectivity index (χ0n) is 6.34. The maximum absolute atomic E-state index is 8.18. The van der Waals surface area contributed by atoms with Gasteiger partial charge >= 0.3 is 0 Å². The van der Waals surface area contributed by atoms with Crippen LogP contribution in [0.3, 0.4) is 0 Å². The lowest BCUT2D eigenvalue weighted by molar-refractivity contribution is -0.206. The van der Waals surface area contributed by atoms with Gasteiger partial charge in [0, 0.05) is 12.6 Å². The minimum absolute atomic E-state index is 0.452. The van der Waals surface area contributed by atoms with Crippen molar-refractivity contribution in [2.45, 2.75) is 32.6 Å². The summed E-state index contributed by atoms with van der Waals surface area (Å²) in [5.41, 5.74) is 5.12. The number of rotatable bonds is 5. The van der Waals surface area contributed by atoms with E-state index < -0.39 is 0 Å². The molecule has 0 aliphatic carbocycles. The molecule has 0 unspecified atom stereocenters. The molecule has 0 saturated carbocycles. The lowest BCUT2D eigenvalue weighted by Crippen LogP contribution is -1.92. The Morgan fingerprint density at radius 1 is 1.60 bits per heavy atom. The molecule has 0 aromatic heterocycles. The maximum atomic E-state index is 8.18. The van der Waals surface area contributed by atoms with Crippen molar-refractivity contribution in [3.63, 3.8) is 0 Å². The Morgan fingerprint density at radius 2 is 2.30 bits per heavy atom. The van der Waals surface area contributed by atoms with Crippen LogP contribution < -0.4 is 5.73 Å². The van der Waals surface area contributed by atoms with E-state index in [9.17, 15) is 0 Å². The minimum Gasteiger partial charge on any atom is -0.402 e. The molecule has 3 N–H and O–H groups in total. The third kappa shape index (κ3) is 4.21. The van der Waals surface area contributed by atoms with Gasteiger partial charge in [-0.15, -0.1) is 0 Å². The van der Waals surface area contributed by atoms with Crippen molar-refractivity contribution in [3.05, 3.63) is 12.0 Å². The maximum Gasteiger partial charge on any atom is 0.157 e. The molecule has 3 nitrogen and oxygen atoms in total. The van der Waals surface area contributed by atoms with Crippen LogP contribution in [0.2, 0.25) is 0 Å². The average molecular weight is 145 g/mol. The molecule has 0 bridgehead atoms. The molecule has 0 saturated heterocycles. The molecule has 0 spiro atoms. The Labute approximate surface area is 61.4 Å². The monoisotopic (exact) mass is 145 g/mol. The van der Waals surface area contributed by atoms with E-state index in [0.717, 1.165) is 25.7 Å². The van der Waals surface area contributed by atoms with Crippen LogP contribution in [0, 0.1) is 0 Å². The molecule has 0 heterocycles. The van der Waals surface area contributed by atoms with Gasteiger partial charge in [-0.25, -0.2) is 5.26 Å². The summed E-state index contributed by atoms with van der Waals surface area (Å²) in [5, 5.41) is 8.18. The molecular formula is C7H15NO2. The van der Waals surface area contributed by atoms with E-state index in [2.05, 4.69) is 11.8 Å². The van der Waals surface area contributed by atoms with Gasteiger partial charge in [-0.1, -0.05) is 19.8 Å². The van der Waals surface area contributed by atoms with Crippen molar-refractivity contribution in [2.24, 2.45) is 5.73 Å². The smallest absolute Gasteiger partial charge is 0.157 e. The zero-order chi connectivity index (χ0) is 7.82.